The highest BCUT2D eigenvalue weighted by molar-refractivity contribution is 4.93. The van der Waals surface area contributed by atoms with Crippen molar-refractivity contribution in [1.82, 2.24) is 0 Å². The highest BCUT2D eigenvalue weighted by Crippen LogP contribution is 2.31. The fourth-order valence-electron chi connectivity index (χ4n) is 3.25. The highest BCUT2D eigenvalue weighted by Gasteiger charge is 2.50. The third-order valence-electron chi connectivity index (χ3n) is 4.64. The van der Waals surface area contributed by atoms with Crippen LogP contribution in [0.4, 0.5) is 0 Å². The van der Waals surface area contributed by atoms with Crippen molar-refractivity contribution in [2.75, 3.05) is 21.3 Å². The Morgan fingerprint density at radius 2 is 1.25 bits per heavy atom. The SMILES string of the molecule is CO[C@H]1[C@H](OC)[C@H](O[C@@H]2[C@@H](O)[C@H](C)O[C@H](O)[C@@H]2O)O[C@@H](C)[C@H]1OC. The quantitative estimate of drug-likeness (QED) is 0.550. The molecule has 0 aliphatic carbocycles. The molecule has 2 fully saturated rings. The van der Waals surface area contributed by atoms with Crippen LogP contribution in [0.1, 0.15) is 13.8 Å². The lowest BCUT2D eigenvalue weighted by atomic mass is 9.97. The van der Waals surface area contributed by atoms with Gasteiger partial charge in [0, 0.05) is 21.3 Å². The van der Waals surface area contributed by atoms with Crippen molar-refractivity contribution in [3.8, 4) is 0 Å². The monoisotopic (exact) mass is 352 g/mol. The molecule has 0 aromatic heterocycles. The van der Waals surface area contributed by atoms with E-state index in [0.29, 0.717) is 0 Å². The van der Waals surface area contributed by atoms with E-state index in [4.69, 9.17) is 28.4 Å². The molecule has 0 unspecified atom stereocenters. The molecule has 0 saturated carbocycles. The van der Waals surface area contributed by atoms with Crippen LogP contribution < -0.4 is 0 Å². The van der Waals surface area contributed by atoms with Gasteiger partial charge in [0.25, 0.3) is 0 Å². The van der Waals surface area contributed by atoms with Crippen LogP contribution in [0.5, 0.6) is 0 Å². The molecule has 2 aliphatic heterocycles. The molecule has 142 valence electrons. The lowest BCUT2D eigenvalue weighted by molar-refractivity contribution is -0.354. The summed E-state index contributed by atoms with van der Waals surface area (Å²) in [6.07, 6.45) is -8.60. The van der Waals surface area contributed by atoms with Gasteiger partial charge in [-0.05, 0) is 13.8 Å². The Morgan fingerprint density at radius 1 is 0.667 bits per heavy atom. The zero-order valence-corrected chi connectivity index (χ0v) is 14.6. The van der Waals surface area contributed by atoms with Crippen LogP contribution in [0.25, 0.3) is 0 Å². The summed E-state index contributed by atoms with van der Waals surface area (Å²) in [6.45, 7) is 3.38. The summed E-state index contributed by atoms with van der Waals surface area (Å²) in [6, 6.07) is 0. The number of methoxy groups -OCH3 is 3. The standard InChI is InChI=1S/C15H28O9/c1-6-8(16)11(9(17)14(18)22-6)24-15-13(21-5)12(20-4)10(19-3)7(2)23-15/h6-18H,1-5H3/t6-,7-,8-,9+,10+,11+,12+,13-,14-,15-/m0/s1. The molecule has 0 radical (unpaired) electrons. The lowest BCUT2D eigenvalue weighted by Gasteiger charge is -2.47. The Hall–Kier alpha value is -0.360. The largest absolute Gasteiger partial charge is 0.388 e. The molecule has 2 saturated heterocycles. The third kappa shape index (κ3) is 3.74. The van der Waals surface area contributed by atoms with E-state index < -0.39 is 49.2 Å². The lowest BCUT2D eigenvalue weighted by Crippen LogP contribution is -2.63. The molecule has 2 aliphatic rings. The van der Waals surface area contributed by atoms with E-state index in [1.807, 2.05) is 0 Å². The van der Waals surface area contributed by atoms with E-state index in [-0.39, 0.29) is 12.2 Å². The first kappa shape index (κ1) is 20.0. The fraction of sp³-hybridized carbons (Fsp3) is 1.00. The van der Waals surface area contributed by atoms with E-state index in [9.17, 15) is 15.3 Å². The van der Waals surface area contributed by atoms with Crippen molar-refractivity contribution in [3.63, 3.8) is 0 Å². The number of rotatable bonds is 5. The Morgan fingerprint density at radius 3 is 1.79 bits per heavy atom. The summed E-state index contributed by atoms with van der Waals surface area (Å²) in [5.74, 6) is 0. The molecular weight excluding hydrogens is 324 g/mol. The van der Waals surface area contributed by atoms with Crippen molar-refractivity contribution in [2.45, 2.75) is 75.3 Å². The molecule has 24 heavy (non-hydrogen) atoms. The van der Waals surface area contributed by atoms with E-state index in [1.54, 1.807) is 21.0 Å². The van der Waals surface area contributed by atoms with Crippen molar-refractivity contribution in [3.05, 3.63) is 0 Å². The first-order chi connectivity index (χ1) is 11.3. The smallest absolute Gasteiger partial charge is 0.187 e. The summed E-state index contributed by atoms with van der Waals surface area (Å²) in [5.41, 5.74) is 0. The zero-order chi connectivity index (χ0) is 18.0. The van der Waals surface area contributed by atoms with Crippen molar-refractivity contribution < 1.29 is 43.7 Å². The van der Waals surface area contributed by atoms with Gasteiger partial charge in [-0.2, -0.15) is 0 Å². The van der Waals surface area contributed by atoms with Gasteiger partial charge in [0.1, 0.15) is 36.6 Å². The van der Waals surface area contributed by atoms with Crippen molar-refractivity contribution >= 4 is 0 Å². The molecule has 9 heteroatoms. The minimum absolute atomic E-state index is 0.367. The summed E-state index contributed by atoms with van der Waals surface area (Å²) in [5, 5.41) is 30.1. The van der Waals surface area contributed by atoms with Gasteiger partial charge >= 0.3 is 0 Å². The van der Waals surface area contributed by atoms with Crippen LogP contribution in [0.3, 0.4) is 0 Å². The molecule has 0 aromatic rings. The fourth-order valence-corrected chi connectivity index (χ4v) is 3.25. The molecule has 3 N–H and O–H groups in total. The minimum Gasteiger partial charge on any atom is -0.388 e. The predicted octanol–water partition coefficient (Wildman–Crippen LogP) is -1.38. The molecule has 0 bridgehead atoms. The van der Waals surface area contributed by atoms with Crippen LogP contribution in [0.2, 0.25) is 0 Å². The van der Waals surface area contributed by atoms with Crippen molar-refractivity contribution in [1.29, 1.82) is 0 Å². The maximum atomic E-state index is 10.2. The maximum absolute atomic E-state index is 10.2. The molecule has 0 spiro atoms. The molecule has 2 rings (SSSR count). The Kier molecular flexibility index (Phi) is 6.94. The number of hydrogen-bond donors (Lipinski definition) is 3. The second-order valence-corrected chi connectivity index (χ2v) is 6.12. The predicted molar refractivity (Wildman–Crippen MR) is 80.2 cm³/mol. The maximum Gasteiger partial charge on any atom is 0.187 e. The van der Waals surface area contributed by atoms with Gasteiger partial charge in [0.2, 0.25) is 0 Å². The van der Waals surface area contributed by atoms with Gasteiger partial charge in [-0.25, -0.2) is 0 Å². The second-order valence-electron chi connectivity index (χ2n) is 6.12. The molecular formula is C15H28O9. The number of aliphatic hydroxyl groups excluding tert-OH is 3. The van der Waals surface area contributed by atoms with Crippen LogP contribution in [-0.2, 0) is 28.4 Å². The summed E-state index contributed by atoms with van der Waals surface area (Å²) in [7, 11) is 4.56. The van der Waals surface area contributed by atoms with Crippen LogP contribution in [-0.4, -0.2) is 98.1 Å². The molecule has 9 nitrogen and oxygen atoms in total. The minimum atomic E-state index is -1.46. The normalized spacial score (nSPS) is 50.0. The third-order valence-corrected chi connectivity index (χ3v) is 4.64. The molecule has 0 amide bonds. The van der Waals surface area contributed by atoms with E-state index >= 15 is 0 Å². The second kappa shape index (κ2) is 8.35. The molecule has 2 heterocycles. The van der Waals surface area contributed by atoms with Gasteiger partial charge in [-0.3, -0.25) is 0 Å². The number of ether oxygens (including phenoxy) is 6. The summed E-state index contributed by atoms with van der Waals surface area (Å²) in [4.78, 5) is 0. The van der Waals surface area contributed by atoms with Crippen LogP contribution in [0, 0.1) is 0 Å². The van der Waals surface area contributed by atoms with Gasteiger partial charge in [-0.15, -0.1) is 0 Å². The van der Waals surface area contributed by atoms with Gasteiger partial charge in [0.15, 0.2) is 12.6 Å². The Labute approximate surface area is 141 Å². The van der Waals surface area contributed by atoms with Crippen LogP contribution in [0.15, 0.2) is 0 Å². The Balaban J connectivity index is 2.17. The zero-order valence-electron chi connectivity index (χ0n) is 14.6. The number of hydrogen-bond acceptors (Lipinski definition) is 9. The first-order valence-electron chi connectivity index (χ1n) is 7.94. The van der Waals surface area contributed by atoms with Crippen molar-refractivity contribution in [2.24, 2.45) is 0 Å². The van der Waals surface area contributed by atoms with Gasteiger partial charge < -0.3 is 43.7 Å². The summed E-state index contributed by atoms with van der Waals surface area (Å²) >= 11 is 0. The van der Waals surface area contributed by atoms with E-state index in [0.717, 1.165) is 0 Å². The average molecular weight is 352 g/mol. The highest BCUT2D eigenvalue weighted by atomic mass is 16.7. The summed E-state index contributed by atoms with van der Waals surface area (Å²) < 4.78 is 32.9. The first-order valence-corrected chi connectivity index (χ1v) is 7.94. The number of aliphatic hydroxyl groups is 3. The molecule has 0 aromatic carbocycles. The average Bonchev–Trinajstić information content (AvgIpc) is 2.56. The van der Waals surface area contributed by atoms with Crippen LogP contribution >= 0.6 is 0 Å². The molecule has 10 atom stereocenters. The Bertz CT molecular complexity index is 381. The van der Waals surface area contributed by atoms with Gasteiger partial charge in [0.05, 0.1) is 12.2 Å². The van der Waals surface area contributed by atoms with E-state index in [2.05, 4.69) is 0 Å². The van der Waals surface area contributed by atoms with E-state index in [1.165, 1.54) is 14.2 Å². The van der Waals surface area contributed by atoms with Gasteiger partial charge in [-0.1, -0.05) is 0 Å². The topological polar surface area (TPSA) is 116 Å².